The minimum Gasteiger partial charge on any atom is -0.382 e. The van der Waals surface area contributed by atoms with Crippen LogP contribution in [0.4, 0.5) is 13.2 Å². The third kappa shape index (κ3) is 5.25. The Balaban J connectivity index is 2.33. The van der Waals surface area contributed by atoms with Crippen LogP contribution in [0.25, 0.3) is 0 Å². The number of alkyl halides is 3. The lowest BCUT2D eigenvalue weighted by Crippen LogP contribution is -2.42. The van der Waals surface area contributed by atoms with Crippen LogP contribution in [0.3, 0.4) is 0 Å². The number of nitrogens with one attached hydrogen (secondary N) is 1. The van der Waals surface area contributed by atoms with Gasteiger partial charge in [-0.3, -0.25) is 4.99 Å². The molecular weight excluding hydrogens is 235 g/mol. The molecule has 17 heavy (non-hydrogen) atoms. The van der Waals surface area contributed by atoms with Crippen molar-refractivity contribution in [2.24, 2.45) is 10.7 Å². The van der Waals surface area contributed by atoms with E-state index in [0.29, 0.717) is 0 Å². The molecule has 0 aromatic heterocycles. The SMILES string of the molecule is NC(=NCC(O)C(F)(F)F)NC1CCCCC1. The first-order valence-electron chi connectivity index (χ1n) is 5.71. The van der Waals surface area contributed by atoms with E-state index in [2.05, 4.69) is 10.3 Å². The van der Waals surface area contributed by atoms with Crippen LogP contribution in [0, 0.1) is 0 Å². The highest BCUT2D eigenvalue weighted by atomic mass is 19.4. The minimum absolute atomic E-state index is 0.0276. The van der Waals surface area contributed by atoms with Gasteiger partial charge in [0.2, 0.25) is 0 Å². The Labute approximate surface area is 98.1 Å². The zero-order valence-electron chi connectivity index (χ0n) is 9.50. The minimum atomic E-state index is -4.64. The number of hydrogen-bond donors (Lipinski definition) is 3. The van der Waals surface area contributed by atoms with E-state index in [4.69, 9.17) is 10.8 Å². The number of nitrogens with zero attached hydrogens (tertiary/aromatic N) is 1. The highest BCUT2D eigenvalue weighted by Crippen LogP contribution is 2.20. The van der Waals surface area contributed by atoms with E-state index in [1.165, 1.54) is 6.42 Å². The summed E-state index contributed by atoms with van der Waals surface area (Å²) in [7, 11) is 0. The maximum absolute atomic E-state index is 12.0. The van der Waals surface area contributed by atoms with Crippen LogP contribution in [0.5, 0.6) is 0 Å². The average Bonchev–Trinajstić information content (AvgIpc) is 2.26. The average molecular weight is 253 g/mol. The van der Waals surface area contributed by atoms with E-state index in [-0.39, 0.29) is 12.0 Å². The molecule has 0 aromatic carbocycles. The van der Waals surface area contributed by atoms with Gasteiger partial charge >= 0.3 is 6.18 Å². The maximum atomic E-state index is 12.0. The van der Waals surface area contributed by atoms with Crippen LogP contribution in [-0.4, -0.2) is 35.9 Å². The molecule has 0 aliphatic heterocycles. The molecule has 0 heterocycles. The first-order valence-corrected chi connectivity index (χ1v) is 5.71. The van der Waals surface area contributed by atoms with Crippen LogP contribution < -0.4 is 11.1 Å². The number of halogens is 3. The van der Waals surface area contributed by atoms with Gasteiger partial charge in [0.05, 0.1) is 6.54 Å². The second kappa shape index (κ2) is 6.09. The third-order valence-electron chi connectivity index (χ3n) is 2.77. The molecule has 4 N–H and O–H groups in total. The second-order valence-corrected chi connectivity index (χ2v) is 4.26. The Hall–Kier alpha value is -0.980. The largest absolute Gasteiger partial charge is 0.416 e. The quantitative estimate of drug-likeness (QED) is 0.522. The highest BCUT2D eigenvalue weighted by molar-refractivity contribution is 5.78. The van der Waals surface area contributed by atoms with Crippen molar-refractivity contribution in [3.8, 4) is 0 Å². The van der Waals surface area contributed by atoms with Gasteiger partial charge in [-0.1, -0.05) is 19.3 Å². The molecule has 1 fully saturated rings. The van der Waals surface area contributed by atoms with Crippen molar-refractivity contribution in [1.82, 2.24) is 5.32 Å². The molecule has 1 atom stereocenters. The molecule has 0 saturated heterocycles. The molecule has 0 spiro atoms. The molecular formula is C10H18F3N3O. The fourth-order valence-corrected chi connectivity index (χ4v) is 1.79. The zero-order chi connectivity index (χ0) is 12.9. The first-order chi connectivity index (χ1) is 7.89. The summed E-state index contributed by atoms with van der Waals surface area (Å²) in [6.07, 6.45) is -1.81. The van der Waals surface area contributed by atoms with Gasteiger partial charge in [0.25, 0.3) is 0 Å². The van der Waals surface area contributed by atoms with E-state index in [1.54, 1.807) is 0 Å². The molecule has 100 valence electrons. The van der Waals surface area contributed by atoms with Crippen molar-refractivity contribution in [1.29, 1.82) is 0 Å². The molecule has 0 amide bonds. The van der Waals surface area contributed by atoms with Crippen LogP contribution in [-0.2, 0) is 0 Å². The van der Waals surface area contributed by atoms with Crippen LogP contribution in [0.1, 0.15) is 32.1 Å². The molecule has 4 nitrogen and oxygen atoms in total. The zero-order valence-corrected chi connectivity index (χ0v) is 9.50. The van der Waals surface area contributed by atoms with Crippen molar-refractivity contribution in [3.05, 3.63) is 0 Å². The summed E-state index contributed by atoms with van der Waals surface area (Å²) in [5.74, 6) is -0.0276. The van der Waals surface area contributed by atoms with Gasteiger partial charge in [0.1, 0.15) is 0 Å². The molecule has 1 aliphatic carbocycles. The number of guanidine groups is 1. The molecule has 1 aliphatic rings. The fraction of sp³-hybridized carbons (Fsp3) is 0.900. The van der Waals surface area contributed by atoms with Gasteiger partial charge < -0.3 is 16.2 Å². The van der Waals surface area contributed by atoms with Gasteiger partial charge in [-0.05, 0) is 12.8 Å². The molecule has 7 heteroatoms. The lowest BCUT2D eigenvalue weighted by Gasteiger charge is -2.23. The lowest BCUT2D eigenvalue weighted by atomic mass is 9.96. The summed E-state index contributed by atoms with van der Waals surface area (Å²) >= 11 is 0. The number of nitrogens with two attached hydrogens (primary N) is 1. The van der Waals surface area contributed by atoms with E-state index in [1.807, 2.05) is 0 Å². The Morgan fingerprint density at radius 2 is 1.94 bits per heavy atom. The van der Waals surface area contributed by atoms with Crippen LogP contribution in [0.2, 0.25) is 0 Å². The van der Waals surface area contributed by atoms with Crippen molar-refractivity contribution in [3.63, 3.8) is 0 Å². The lowest BCUT2D eigenvalue weighted by molar-refractivity contribution is -0.199. The van der Waals surface area contributed by atoms with Gasteiger partial charge in [-0.2, -0.15) is 13.2 Å². The van der Waals surface area contributed by atoms with E-state index >= 15 is 0 Å². The summed E-state index contributed by atoms with van der Waals surface area (Å²) in [5, 5.41) is 11.6. The summed E-state index contributed by atoms with van der Waals surface area (Å²) in [6.45, 7) is -0.755. The van der Waals surface area contributed by atoms with Crippen molar-refractivity contribution in [2.75, 3.05) is 6.54 Å². The summed E-state index contributed by atoms with van der Waals surface area (Å²) in [6, 6.07) is 0.190. The Bertz CT molecular complexity index is 262. The summed E-state index contributed by atoms with van der Waals surface area (Å²) in [5.41, 5.74) is 5.46. The van der Waals surface area contributed by atoms with E-state index in [9.17, 15) is 13.2 Å². The van der Waals surface area contributed by atoms with Crippen LogP contribution in [0.15, 0.2) is 4.99 Å². The molecule has 0 radical (unpaired) electrons. The number of aliphatic hydroxyl groups excluding tert-OH is 1. The van der Waals surface area contributed by atoms with E-state index < -0.39 is 18.8 Å². The van der Waals surface area contributed by atoms with Crippen molar-refractivity contribution < 1.29 is 18.3 Å². The Morgan fingerprint density at radius 3 is 2.47 bits per heavy atom. The van der Waals surface area contributed by atoms with Crippen molar-refractivity contribution in [2.45, 2.75) is 50.4 Å². The highest BCUT2D eigenvalue weighted by Gasteiger charge is 2.37. The number of hydrogen-bond acceptors (Lipinski definition) is 2. The van der Waals surface area contributed by atoms with Gasteiger partial charge in [0.15, 0.2) is 12.1 Å². The predicted octanol–water partition coefficient (Wildman–Crippen LogP) is 1.15. The molecule has 1 rings (SSSR count). The normalized spacial score (nSPS) is 21.3. The fourth-order valence-electron chi connectivity index (χ4n) is 1.79. The van der Waals surface area contributed by atoms with Gasteiger partial charge in [0, 0.05) is 6.04 Å². The van der Waals surface area contributed by atoms with Crippen LogP contribution >= 0.6 is 0 Å². The number of rotatable bonds is 3. The smallest absolute Gasteiger partial charge is 0.382 e. The van der Waals surface area contributed by atoms with E-state index in [0.717, 1.165) is 25.7 Å². The second-order valence-electron chi connectivity index (χ2n) is 4.26. The number of aliphatic hydroxyl groups is 1. The first kappa shape index (κ1) is 14.1. The predicted molar refractivity (Wildman–Crippen MR) is 58.6 cm³/mol. The van der Waals surface area contributed by atoms with Gasteiger partial charge in [-0.25, -0.2) is 0 Å². The molecule has 0 aromatic rings. The summed E-state index contributed by atoms with van der Waals surface area (Å²) < 4.78 is 35.9. The number of aliphatic imine (C=N–C) groups is 1. The standard InChI is InChI=1S/C10H18F3N3O/c11-10(12,13)8(17)6-15-9(14)16-7-4-2-1-3-5-7/h7-8,17H,1-6H2,(H3,14,15,16). The Kier molecular flexibility index (Phi) is 5.04. The maximum Gasteiger partial charge on any atom is 0.416 e. The Morgan fingerprint density at radius 1 is 1.35 bits per heavy atom. The third-order valence-corrected chi connectivity index (χ3v) is 2.77. The summed E-state index contributed by atoms with van der Waals surface area (Å²) in [4.78, 5) is 3.50. The molecule has 0 bridgehead atoms. The monoisotopic (exact) mass is 253 g/mol. The topological polar surface area (TPSA) is 70.6 Å². The van der Waals surface area contributed by atoms with Crippen molar-refractivity contribution >= 4 is 5.96 Å². The molecule has 1 unspecified atom stereocenters. The molecule has 1 saturated carbocycles. The van der Waals surface area contributed by atoms with Gasteiger partial charge in [-0.15, -0.1) is 0 Å².